The molecule has 2 aromatic heterocycles. The van der Waals surface area contributed by atoms with E-state index in [1.807, 2.05) is 24.3 Å². The number of carbonyl (C=O) groups is 2. The summed E-state index contributed by atoms with van der Waals surface area (Å²) in [5.74, 6) is -0.0350. The fourth-order valence-corrected chi connectivity index (χ4v) is 3.94. The third kappa shape index (κ3) is 7.03. The van der Waals surface area contributed by atoms with E-state index in [0.717, 1.165) is 33.7 Å². The third-order valence-electron chi connectivity index (χ3n) is 4.26. The highest BCUT2D eigenvalue weighted by molar-refractivity contribution is 9.10. The molecule has 0 aliphatic carbocycles. The number of halogens is 1. The number of aryl methyl sites for hydroxylation is 2. The number of hydrogen-bond acceptors (Lipinski definition) is 7. The van der Waals surface area contributed by atoms with Crippen LogP contribution in [-0.4, -0.2) is 28.3 Å². The summed E-state index contributed by atoms with van der Waals surface area (Å²) >= 11 is 5.01. The van der Waals surface area contributed by atoms with Crippen LogP contribution in [0.25, 0.3) is 0 Å². The highest BCUT2D eigenvalue weighted by atomic mass is 79.9. The van der Waals surface area contributed by atoms with E-state index in [2.05, 4.69) is 48.7 Å². The quantitative estimate of drug-likeness (QED) is 0.323. The Morgan fingerprint density at radius 1 is 1.17 bits per heavy atom. The molecule has 3 rings (SSSR count). The van der Waals surface area contributed by atoms with Crippen LogP contribution in [0, 0.1) is 0 Å². The van der Waals surface area contributed by atoms with E-state index in [1.54, 1.807) is 17.5 Å². The van der Waals surface area contributed by atoms with Crippen LogP contribution in [0.1, 0.15) is 30.2 Å². The maximum absolute atomic E-state index is 11.5. The molecule has 3 aromatic rings. The Bertz CT molecular complexity index is 1010. The van der Waals surface area contributed by atoms with Gasteiger partial charge in [-0.25, -0.2) is 9.97 Å². The maximum atomic E-state index is 11.5. The van der Waals surface area contributed by atoms with Gasteiger partial charge in [0.15, 0.2) is 5.13 Å². The Kier molecular flexibility index (Phi) is 8.10. The van der Waals surface area contributed by atoms with Crippen LogP contribution in [0.15, 0.2) is 52.4 Å². The molecule has 156 valence electrons. The number of thiazole rings is 1. The predicted octanol–water partition coefficient (Wildman–Crippen LogP) is 4.89. The smallest absolute Gasteiger partial charge is 0.313 e. The number of benzene rings is 1. The first-order valence-corrected chi connectivity index (χ1v) is 11.2. The van der Waals surface area contributed by atoms with E-state index in [1.165, 1.54) is 12.5 Å². The lowest BCUT2D eigenvalue weighted by Gasteiger charge is -2.08. The summed E-state index contributed by atoms with van der Waals surface area (Å²) in [7, 11) is 0. The number of ketones is 1. The molecule has 1 aromatic carbocycles. The highest BCUT2D eigenvalue weighted by Gasteiger charge is 2.09. The second-order valence-corrected chi connectivity index (χ2v) is 8.48. The average molecular weight is 488 g/mol. The van der Waals surface area contributed by atoms with E-state index >= 15 is 0 Å². The van der Waals surface area contributed by atoms with Crippen molar-refractivity contribution in [3.8, 4) is 0 Å². The van der Waals surface area contributed by atoms with Crippen molar-refractivity contribution in [1.82, 2.24) is 9.97 Å². The van der Waals surface area contributed by atoms with Gasteiger partial charge < -0.3 is 10.1 Å². The first-order valence-electron chi connectivity index (χ1n) is 9.54. The lowest BCUT2D eigenvalue weighted by Crippen LogP contribution is -2.11. The van der Waals surface area contributed by atoms with Gasteiger partial charge in [0.25, 0.3) is 0 Å². The van der Waals surface area contributed by atoms with Gasteiger partial charge in [-0.3, -0.25) is 9.59 Å². The Morgan fingerprint density at radius 2 is 1.97 bits per heavy atom. The van der Waals surface area contributed by atoms with Gasteiger partial charge in [-0.2, -0.15) is 0 Å². The van der Waals surface area contributed by atoms with Crippen LogP contribution in [0.2, 0.25) is 0 Å². The minimum atomic E-state index is -0.503. The Morgan fingerprint density at radius 3 is 2.73 bits per heavy atom. The molecule has 0 aliphatic rings. The first kappa shape index (κ1) is 22.1. The van der Waals surface area contributed by atoms with Crippen molar-refractivity contribution in [1.29, 1.82) is 0 Å². The zero-order valence-corrected chi connectivity index (χ0v) is 19.0. The average Bonchev–Trinajstić information content (AvgIpc) is 3.16. The number of pyridine rings is 1. The molecule has 0 saturated heterocycles. The number of aromatic nitrogens is 2. The number of ether oxygens (including phenoxy) is 1. The second kappa shape index (κ2) is 11.0. The lowest BCUT2D eigenvalue weighted by atomic mass is 10.1. The Labute approximate surface area is 187 Å². The highest BCUT2D eigenvalue weighted by Crippen LogP contribution is 2.24. The van der Waals surface area contributed by atoms with Crippen molar-refractivity contribution >= 4 is 50.0 Å². The van der Waals surface area contributed by atoms with Gasteiger partial charge in [0.05, 0.1) is 12.3 Å². The minimum absolute atomic E-state index is 0.193. The van der Waals surface area contributed by atoms with Crippen LogP contribution >= 0.6 is 27.3 Å². The largest absolute Gasteiger partial charge is 0.465 e. The fourth-order valence-electron chi connectivity index (χ4n) is 2.78. The minimum Gasteiger partial charge on any atom is -0.465 e. The van der Waals surface area contributed by atoms with Gasteiger partial charge in [-0.05, 0) is 52.9 Å². The number of esters is 1. The van der Waals surface area contributed by atoms with Crippen LogP contribution in [0.4, 0.5) is 10.9 Å². The zero-order chi connectivity index (χ0) is 21.3. The number of hydrogen-bond donors (Lipinski definition) is 1. The van der Waals surface area contributed by atoms with E-state index in [4.69, 9.17) is 4.74 Å². The van der Waals surface area contributed by atoms with Crippen LogP contribution < -0.4 is 5.32 Å². The van der Waals surface area contributed by atoms with Gasteiger partial charge in [-0.15, -0.1) is 11.3 Å². The maximum Gasteiger partial charge on any atom is 0.313 e. The molecule has 1 N–H and O–H groups in total. The number of carbonyl (C=O) groups excluding carboxylic acids is 2. The summed E-state index contributed by atoms with van der Waals surface area (Å²) in [4.78, 5) is 31.5. The summed E-state index contributed by atoms with van der Waals surface area (Å²) in [5, 5.41) is 6.08. The molecule has 0 spiro atoms. The number of rotatable bonds is 10. The second-order valence-electron chi connectivity index (χ2n) is 6.76. The van der Waals surface area contributed by atoms with E-state index in [9.17, 15) is 9.59 Å². The topological polar surface area (TPSA) is 81.2 Å². The predicted molar refractivity (Wildman–Crippen MR) is 121 cm³/mol. The van der Waals surface area contributed by atoms with Crippen LogP contribution in [-0.2, 0) is 33.6 Å². The van der Waals surface area contributed by atoms with Gasteiger partial charge in [0.1, 0.15) is 18.0 Å². The van der Waals surface area contributed by atoms with E-state index in [-0.39, 0.29) is 18.8 Å². The van der Waals surface area contributed by atoms with Crippen molar-refractivity contribution in [2.24, 2.45) is 0 Å². The standard InChI is InChI=1S/C22H22BrN3O3S/c1-15(27)11-21(28)29-10-9-17-12-20(24-13-19(17)23)26-22-25-18(14-30-22)8-7-16-5-3-2-4-6-16/h2-6,12-14H,7-11H2,1H3,(H,24,25,26). The number of nitrogens with one attached hydrogen (secondary N) is 1. The SMILES string of the molecule is CC(=O)CC(=O)OCCc1cc(Nc2nc(CCc3ccccc3)cs2)ncc1Br. The van der Waals surface area contributed by atoms with Crippen molar-refractivity contribution in [2.75, 3.05) is 11.9 Å². The molecule has 0 aliphatic heterocycles. The lowest BCUT2D eigenvalue weighted by molar-refractivity contribution is -0.145. The third-order valence-corrected chi connectivity index (χ3v) is 5.78. The summed E-state index contributed by atoms with van der Waals surface area (Å²) < 4.78 is 5.94. The molecule has 0 fully saturated rings. The van der Waals surface area contributed by atoms with Crippen molar-refractivity contribution in [3.05, 3.63) is 69.3 Å². The molecule has 0 radical (unpaired) electrons. The van der Waals surface area contributed by atoms with Crippen molar-refractivity contribution in [2.45, 2.75) is 32.6 Å². The summed E-state index contributed by atoms with van der Waals surface area (Å²) in [6.07, 6.45) is 3.86. The zero-order valence-electron chi connectivity index (χ0n) is 16.6. The van der Waals surface area contributed by atoms with E-state index < -0.39 is 5.97 Å². The molecule has 2 heterocycles. The molecule has 30 heavy (non-hydrogen) atoms. The van der Waals surface area contributed by atoms with Gasteiger partial charge in [0.2, 0.25) is 0 Å². The number of Topliss-reactive ketones (excluding diaryl/α,β-unsaturated/α-hetero) is 1. The van der Waals surface area contributed by atoms with Crippen LogP contribution in [0.5, 0.6) is 0 Å². The van der Waals surface area contributed by atoms with Gasteiger partial charge >= 0.3 is 5.97 Å². The van der Waals surface area contributed by atoms with Crippen LogP contribution in [0.3, 0.4) is 0 Å². The number of nitrogens with zero attached hydrogens (tertiary/aromatic N) is 2. The molecule has 8 heteroatoms. The molecule has 0 atom stereocenters. The molecule has 0 saturated carbocycles. The normalized spacial score (nSPS) is 10.6. The van der Waals surface area contributed by atoms with Gasteiger partial charge in [-0.1, -0.05) is 30.3 Å². The molecule has 0 unspecified atom stereocenters. The molecule has 0 bridgehead atoms. The molecule has 0 amide bonds. The van der Waals surface area contributed by atoms with E-state index in [0.29, 0.717) is 12.2 Å². The Balaban J connectivity index is 1.54. The van der Waals surface area contributed by atoms with Gasteiger partial charge in [0, 0.05) is 22.5 Å². The number of anilines is 2. The molecular weight excluding hydrogens is 466 g/mol. The summed E-state index contributed by atoms with van der Waals surface area (Å²) in [6.45, 7) is 1.57. The fraction of sp³-hybridized carbons (Fsp3) is 0.273. The summed E-state index contributed by atoms with van der Waals surface area (Å²) in [6, 6.07) is 12.2. The molecular formula is C22H22BrN3O3S. The molecule has 6 nitrogen and oxygen atoms in total. The Hall–Kier alpha value is -2.58. The monoisotopic (exact) mass is 487 g/mol. The van der Waals surface area contributed by atoms with Crippen molar-refractivity contribution in [3.63, 3.8) is 0 Å². The summed E-state index contributed by atoms with van der Waals surface area (Å²) in [5.41, 5.74) is 3.29. The first-order chi connectivity index (χ1) is 14.5. The van der Waals surface area contributed by atoms with Crippen molar-refractivity contribution < 1.29 is 14.3 Å².